The summed E-state index contributed by atoms with van der Waals surface area (Å²) in [4.78, 5) is 28.2. The van der Waals surface area contributed by atoms with E-state index in [2.05, 4.69) is 4.98 Å². The molecule has 27 heavy (non-hydrogen) atoms. The highest BCUT2D eigenvalue weighted by atomic mass is 16.5. The maximum absolute atomic E-state index is 12.8. The standard InChI is InChI=1S/C20H18N2O5/c1-27-17-8-6-13(12-16(17)23)7-9-18-21-15-5-3-2-4-14(15)20(26)22(18)11-10-19(24)25/h2-9,12,23H,10-11H2,1H3,(H,24,25)/b9-7+. The maximum atomic E-state index is 12.8. The Balaban J connectivity index is 2.06. The van der Waals surface area contributed by atoms with Crippen molar-refractivity contribution >= 4 is 29.0 Å². The number of hydrogen-bond donors (Lipinski definition) is 2. The molecule has 0 amide bonds. The van der Waals surface area contributed by atoms with Crippen molar-refractivity contribution in [1.82, 2.24) is 9.55 Å². The number of aromatic hydroxyl groups is 1. The van der Waals surface area contributed by atoms with Crippen LogP contribution in [0.5, 0.6) is 11.5 Å². The van der Waals surface area contributed by atoms with Gasteiger partial charge in [0.05, 0.1) is 24.4 Å². The maximum Gasteiger partial charge on any atom is 0.305 e. The molecule has 0 aliphatic carbocycles. The molecular weight excluding hydrogens is 348 g/mol. The number of aromatic nitrogens is 2. The summed E-state index contributed by atoms with van der Waals surface area (Å²) in [6.07, 6.45) is 3.12. The number of rotatable bonds is 6. The highest BCUT2D eigenvalue weighted by Crippen LogP contribution is 2.27. The van der Waals surface area contributed by atoms with Gasteiger partial charge in [0.1, 0.15) is 5.82 Å². The largest absolute Gasteiger partial charge is 0.504 e. The van der Waals surface area contributed by atoms with Crippen molar-refractivity contribution in [2.45, 2.75) is 13.0 Å². The summed E-state index contributed by atoms with van der Waals surface area (Å²) < 4.78 is 6.36. The quantitative estimate of drug-likeness (QED) is 0.696. The van der Waals surface area contributed by atoms with Crippen LogP contribution in [0, 0.1) is 0 Å². The molecule has 1 heterocycles. The van der Waals surface area contributed by atoms with Crippen molar-refractivity contribution in [3.8, 4) is 11.5 Å². The van der Waals surface area contributed by atoms with E-state index in [0.717, 1.165) is 0 Å². The Morgan fingerprint density at radius 2 is 2.00 bits per heavy atom. The average Bonchev–Trinajstić information content (AvgIpc) is 2.65. The van der Waals surface area contributed by atoms with Crippen molar-refractivity contribution in [2.24, 2.45) is 0 Å². The van der Waals surface area contributed by atoms with E-state index in [9.17, 15) is 14.7 Å². The first-order chi connectivity index (χ1) is 13.0. The van der Waals surface area contributed by atoms with Crippen LogP contribution in [0.1, 0.15) is 17.8 Å². The van der Waals surface area contributed by atoms with Gasteiger partial charge in [-0.3, -0.25) is 14.2 Å². The number of carboxylic acids is 1. The van der Waals surface area contributed by atoms with Gasteiger partial charge in [0.25, 0.3) is 5.56 Å². The fraction of sp³-hybridized carbons (Fsp3) is 0.150. The van der Waals surface area contributed by atoms with Crippen molar-refractivity contribution in [3.05, 3.63) is 64.2 Å². The monoisotopic (exact) mass is 366 g/mol. The van der Waals surface area contributed by atoms with Crippen LogP contribution in [-0.4, -0.2) is 32.8 Å². The highest BCUT2D eigenvalue weighted by molar-refractivity contribution is 5.79. The van der Waals surface area contributed by atoms with Crippen LogP contribution in [0.3, 0.4) is 0 Å². The first-order valence-corrected chi connectivity index (χ1v) is 8.26. The lowest BCUT2D eigenvalue weighted by atomic mass is 10.2. The SMILES string of the molecule is COc1ccc(/C=C/c2nc3ccccc3c(=O)n2CCC(=O)O)cc1O. The van der Waals surface area contributed by atoms with Crippen molar-refractivity contribution in [1.29, 1.82) is 0 Å². The second-order valence-corrected chi connectivity index (χ2v) is 5.85. The van der Waals surface area contributed by atoms with Crippen LogP contribution >= 0.6 is 0 Å². The Bertz CT molecular complexity index is 1090. The van der Waals surface area contributed by atoms with Gasteiger partial charge in [-0.15, -0.1) is 0 Å². The smallest absolute Gasteiger partial charge is 0.305 e. The van der Waals surface area contributed by atoms with Crippen LogP contribution in [0.25, 0.3) is 23.1 Å². The number of benzene rings is 2. The molecule has 0 bridgehead atoms. The Kier molecular flexibility index (Phi) is 5.21. The minimum absolute atomic E-state index is 0.00520. The number of methoxy groups -OCH3 is 1. The molecule has 7 heteroatoms. The molecule has 138 valence electrons. The molecule has 2 N–H and O–H groups in total. The van der Waals surface area contributed by atoms with E-state index in [1.165, 1.54) is 17.7 Å². The summed E-state index contributed by atoms with van der Waals surface area (Å²) in [5, 5.41) is 19.3. The van der Waals surface area contributed by atoms with Crippen molar-refractivity contribution in [3.63, 3.8) is 0 Å². The predicted octanol–water partition coefficient (Wildman–Crippen LogP) is 2.76. The number of carboxylic acid groups (broad SMARTS) is 1. The number of ether oxygens (including phenoxy) is 1. The van der Waals surface area contributed by atoms with Gasteiger partial charge >= 0.3 is 5.97 Å². The van der Waals surface area contributed by atoms with Crippen LogP contribution in [-0.2, 0) is 11.3 Å². The van der Waals surface area contributed by atoms with Crippen LogP contribution < -0.4 is 10.3 Å². The van der Waals surface area contributed by atoms with Crippen LogP contribution in [0.4, 0.5) is 0 Å². The summed E-state index contributed by atoms with van der Waals surface area (Å²) in [5.41, 5.74) is 0.922. The third-order valence-corrected chi connectivity index (χ3v) is 4.07. The molecule has 3 rings (SSSR count). The van der Waals surface area contributed by atoms with Gasteiger partial charge in [-0.05, 0) is 35.9 Å². The van der Waals surface area contributed by atoms with Gasteiger partial charge in [0.15, 0.2) is 11.5 Å². The fourth-order valence-corrected chi connectivity index (χ4v) is 2.72. The lowest BCUT2D eigenvalue weighted by molar-refractivity contribution is -0.137. The van der Waals surface area contributed by atoms with Crippen molar-refractivity contribution < 1.29 is 19.7 Å². The zero-order valence-corrected chi connectivity index (χ0v) is 14.6. The third-order valence-electron chi connectivity index (χ3n) is 4.07. The summed E-state index contributed by atoms with van der Waals surface area (Å²) >= 11 is 0. The fourth-order valence-electron chi connectivity index (χ4n) is 2.72. The Hall–Kier alpha value is -3.61. The number of nitrogens with zero attached hydrogens (tertiary/aromatic N) is 2. The van der Waals surface area contributed by atoms with Gasteiger partial charge < -0.3 is 14.9 Å². The molecule has 7 nitrogen and oxygen atoms in total. The zero-order valence-electron chi connectivity index (χ0n) is 14.6. The molecule has 0 aliphatic rings. The van der Waals surface area contributed by atoms with Gasteiger partial charge in [-0.2, -0.15) is 0 Å². The molecule has 0 saturated carbocycles. The molecule has 0 spiro atoms. The molecule has 0 unspecified atom stereocenters. The van der Waals surface area contributed by atoms with Crippen LogP contribution in [0.2, 0.25) is 0 Å². The Morgan fingerprint density at radius 3 is 2.70 bits per heavy atom. The number of aliphatic carboxylic acids is 1. The summed E-state index contributed by atoms with van der Waals surface area (Å²) in [7, 11) is 1.46. The predicted molar refractivity (Wildman–Crippen MR) is 102 cm³/mol. The first-order valence-electron chi connectivity index (χ1n) is 8.26. The molecular formula is C20H18N2O5. The minimum atomic E-state index is -0.995. The molecule has 0 atom stereocenters. The summed E-state index contributed by atoms with van der Waals surface area (Å²) in [6, 6.07) is 11.8. The van der Waals surface area contributed by atoms with E-state index in [1.54, 1.807) is 48.6 Å². The normalized spacial score (nSPS) is 11.1. The topological polar surface area (TPSA) is 102 Å². The van der Waals surface area contributed by atoms with E-state index >= 15 is 0 Å². The molecule has 0 radical (unpaired) electrons. The van der Waals surface area contributed by atoms with E-state index in [1.807, 2.05) is 0 Å². The van der Waals surface area contributed by atoms with E-state index in [-0.39, 0.29) is 24.3 Å². The van der Waals surface area contributed by atoms with Crippen molar-refractivity contribution in [2.75, 3.05) is 7.11 Å². The van der Waals surface area contributed by atoms with Gasteiger partial charge in [-0.1, -0.05) is 24.3 Å². The van der Waals surface area contributed by atoms with Gasteiger partial charge in [0.2, 0.25) is 0 Å². The van der Waals surface area contributed by atoms with E-state index < -0.39 is 5.97 Å². The average molecular weight is 366 g/mol. The summed E-state index contributed by atoms with van der Waals surface area (Å²) in [5.74, 6) is -0.302. The molecule has 2 aromatic carbocycles. The third kappa shape index (κ3) is 3.98. The number of hydrogen-bond acceptors (Lipinski definition) is 5. The second kappa shape index (κ2) is 7.74. The van der Waals surface area contributed by atoms with Gasteiger partial charge in [-0.25, -0.2) is 4.98 Å². The first kappa shape index (κ1) is 18.2. The zero-order chi connectivity index (χ0) is 19.4. The Labute approximate surface area is 154 Å². The molecule has 0 saturated heterocycles. The number of para-hydroxylation sites is 1. The molecule has 0 aliphatic heterocycles. The highest BCUT2D eigenvalue weighted by Gasteiger charge is 2.10. The van der Waals surface area contributed by atoms with Gasteiger partial charge in [0, 0.05) is 6.54 Å². The van der Waals surface area contributed by atoms with E-state index in [4.69, 9.17) is 9.84 Å². The lowest BCUT2D eigenvalue weighted by Gasteiger charge is -2.10. The molecule has 0 fully saturated rings. The lowest BCUT2D eigenvalue weighted by Crippen LogP contribution is -2.25. The summed E-state index contributed by atoms with van der Waals surface area (Å²) in [6.45, 7) is 0.0134. The minimum Gasteiger partial charge on any atom is -0.504 e. The van der Waals surface area contributed by atoms with Crippen LogP contribution in [0.15, 0.2) is 47.3 Å². The number of fused-ring (bicyclic) bond motifs is 1. The molecule has 3 aromatic rings. The number of phenolic OH excluding ortho intramolecular Hbond substituents is 1. The number of phenols is 1. The molecule has 1 aromatic heterocycles. The Morgan fingerprint density at radius 1 is 1.22 bits per heavy atom. The van der Waals surface area contributed by atoms with E-state index in [0.29, 0.717) is 28.0 Å². The number of carbonyl (C=O) groups is 1. The second-order valence-electron chi connectivity index (χ2n) is 5.85.